The lowest BCUT2D eigenvalue weighted by Gasteiger charge is -2.38. The minimum atomic E-state index is -0.502. The number of fused-ring (bicyclic) bond motifs is 1. The van der Waals surface area contributed by atoms with Gasteiger partial charge in [-0.1, -0.05) is 25.1 Å². The van der Waals surface area contributed by atoms with E-state index in [0.29, 0.717) is 19.4 Å². The van der Waals surface area contributed by atoms with Gasteiger partial charge in [-0.25, -0.2) is 8.78 Å². The quantitative estimate of drug-likeness (QED) is 0.414. The predicted molar refractivity (Wildman–Crippen MR) is 132 cm³/mol. The van der Waals surface area contributed by atoms with Crippen molar-refractivity contribution < 1.29 is 23.1 Å². The molecule has 35 heavy (non-hydrogen) atoms. The van der Waals surface area contributed by atoms with Crippen molar-refractivity contribution >= 4 is 23.2 Å². The molecule has 0 saturated heterocycles. The summed E-state index contributed by atoms with van der Waals surface area (Å²) in [5.41, 5.74) is 1.19. The van der Waals surface area contributed by atoms with Crippen LogP contribution in [-0.4, -0.2) is 47.4 Å². The minimum Gasteiger partial charge on any atom is -0.488 e. The van der Waals surface area contributed by atoms with E-state index in [1.807, 2.05) is 25.3 Å². The summed E-state index contributed by atoms with van der Waals surface area (Å²) < 4.78 is 33.7. The molecule has 0 aliphatic carbocycles. The first-order valence-electron chi connectivity index (χ1n) is 11.7. The van der Waals surface area contributed by atoms with E-state index in [4.69, 9.17) is 4.74 Å². The number of thiophene rings is 1. The van der Waals surface area contributed by atoms with Crippen molar-refractivity contribution in [3.8, 4) is 5.75 Å². The predicted octanol–water partition coefficient (Wildman–Crippen LogP) is 5.47. The highest BCUT2D eigenvalue weighted by Crippen LogP contribution is 2.34. The maximum Gasteiger partial charge on any atom is 0.254 e. The number of benzene rings is 2. The van der Waals surface area contributed by atoms with Gasteiger partial charge in [0.1, 0.15) is 19.0 Å². The van der Waals surface area contributed by atoms with Gasteiger partial charge in [0.25, 0.3) is 5.91 Å². The third-order valence-corrected chi connectivity index (χ3v) is 7.41. The Kier molecular flexibility index (Phi) is 7.80. The van der Waals surface area contributed by atoms with Gasteiger partial charge in [-0.2, -0.15) is 0 Å². The van der Waals surface area contributed by atoms with E-state index in [-0.39, 0.29) is 42.3 Å². The third kappa shape index (κ3) is 5.53. The maximum atomic E-state index is 14.1. The molecule has 2 amide bonds. The fraction of sp³-hybridized carbons (Fsp3) is 0.333. The number of ether oxygens (including phenoxy) is 1. The second-order valence-corrected chi connectivity index (χ2v) is 9.59. The molecule has 0 N–H and O–H groups in total. The Morgan fingerprint density at radius 2 is 1.97 bits per heavy atom. The molecule has 2 heterocycles. The van der Waals surface area contributed by atoms with Crippen molar-refractivity contribution in [1.29, 1.82) is 0 Å². The zero-order chi connectivity index (χ0) is 24.9. The number of halogens is 2. The standard InChI is InChI=1S/C27H28F2N2O3S/c1-3-18(2)31(27(33)19-7-6-8-20(28)15-19)16-26(32)30-13-11-25-21(12-14-35-25)23(30)17-34-24-10-5-4-9-22(24)29/h4-10,12,14-15,18,23H,3,11,13,16-17H2,1-2H3. The number of amides is 2. The molecule has 2 unspecified atom stereocenters. The molecule has 2 atom stereocenters. The number of para-hydroxylation sites is 1. The van der Waals surface area contributed by atoms with Crippen molar-refractivity contribution in [2.75, 3.05) is 19.7 Å². The van der Waals surface area contributed by atoms with Crippen LogP contribution in [0.25, 0.3) is 0 Å². The summed E-state index contributed by atoms with van der Waals surface area (Å²) in [5, 5.41) is 1.98. The van der Waals surface area contributed by atoms with Crippen LogP contribution in [0.15, 0.2) is 60.0 Å². The molecule has 1 aliphatic rings. The normalized spacial score (nSPS) is 15.9. The fourth-order valence-corrected chi connectivity index (χ4v) is 5.21. The van der Waals surface area contributed by atoms with Gasteiger partial charge in [0, 0.05) is 23.0 Å². The third-order valence-electron chi connectivity index (χ3n) is 6.41. The molecule has 4 rings (SSSR count). The lowest BCUT2D eigenvalue weighted by Crippen LogP contribution is -2.49. The minimum absolute atomic E-state index is 0.0948. The summed E-state index contributed by atoms with van der Waals surface area (Å²) >= 11 is 1.63. The smallest absolute Gasteiger partial charge is 0.254 e. The van der Waals surface area contributed by atoms with Gasteiger partial charge < -0.3 is 14.5 Å². The van der Waals surface area contributed by atoms with Crippen LogP contribution in [0.4, 0.5) is 8.78 Å². The first kappa shape index (κ1) is 24.9. The molecule has 0 fully saturated rings. The molecule has 0 spiro atoms. The van der Waals surface area contributed by atoms with Crippen molar-refractivity contribution in [1.82, 2.24) is 9.80 Å². The van der Waals surface area contributed by atoms with E-state index < -0.39 is 17.7 Å². The lowest BCUT2D eigenvalue weighted by atomic mass is 10.00. The van der Waals surface area contributed by atoms with Crippen LogP contribution >= 0.6 is 11.3 Å². The SMILES string of the molecule is CCC(C)N(CC(=O)N1CCc2sccc2C1COc1ccccc1F)C(=O)c1cccc(F)c1. The molecule has 0 radical (unpaired) electrons. The van der Waals surface area contributed by atoms with Crippen LogP contribution in [0.5, 0.6) is 5.75 Å². The average Bonchev–Trinajstić information content (AvgIpc) is 3.35. The van der Waals surface area contributed by atoms with Gasteiger partial charge in [-0.05, 0) is 67.1 Å². The zero-order valence-corrected chi connectivity index (χ0v) is 20.6. The van der Waals surface area contributed by atoms with E-state index in [2.05, 4.69) is 0 Å². The van der Waals surface area contributed by atoms with Crippen LogP contribution < -0.4 is 4.74 Å². The van der Waals surface area contributed by atoms with Crippen molar-refractivity contribution in [3.63, 3.8) is 0 Å². The number of carbonyl (C=O) groups excluding carboxylic acids is 2. The first-order valence-corrected chi connectivity index (χ1v) is 12.6. The van der Waals surface area contributed by atoms with Gasteiger partial charge in [-0.3, -0.25) is 9.59 Å². The highest BCUT2D eigenvalue weighted by molar-refractivity contribution is 7.10. The Labute approximate surface area is 207 Å². The highest BCUT2D eigenvalue weighted by Gasteiger charge is 2.34. The highest BCUT2D eigenvalue weighted by atomic mass is 32.1. The molecule has 0 saturated carbocycles. The van der Waals surface area contributed by atoms with Crippen LogP contribution in [0.3, 0.4) is 0 Å². The fourth-order valence-electron chi connectivity index (χ4n) is 4.28. The summed E-state index contributed by atoms with van der Waals surface area (Å²) in [4.78, 5) is 31.2. The van der Waals surface area contributed by atoms with Crippen molar-refractivity contribution in [2.24, 2.45) is 0 Å². The van der Waals surface area contributed by atoms with Crippen LogP contribution in [0.2, 0.25) is 0 Å². The Bertz CT molecular complexity index is 1200. The van der Waals surface area contributed by atoms with Crippen LogP contribution in [0, 0.1) is 11.6 Å². The van der Waals surface area contributed by atoms with E-state index in [0.717, 1.165) is 5.56 Å². The first-order chi connectivity index (χ1) is 16.9. The summed E-state index contributed by atoms with van der Waals surface area (Å²) in [5.74, 6) is -1.45. The van der Waals surface area contributed by atoms with Crippen LogP contribution in [-0.2, 0) is 11.2 Å². The number of hydrogen-bond donors (Lipinski definition) is 0. The number of hydrogen-bond acceptors (Lipinski definition) is 4. The Morgan fingerprint density at radius 3 is 2.71 bits per heavy atom. The van der Waals surface area contributed by atoms with Gasteiger partial charge >= 0.3 is 0 Å². The Morgan fingerprint density at radius 1 is 1.17 bits per heavy atom. The second kappa shape index (κ2) is 11.0. The molecule has 1 aliphatic heterocycles. The summed E-state index contributed by atoms with van der Waals surface area (Å²) in [7, 11) is 0. The number of nitrogens with zero attached hydrogens (tertiary/aromatic N) is 2. The summed E-state index contributed by atoms with van der Waals surface area (Å²) in [6.07, 6.45) is 1.35. The maximum absolute atomic E-state index is 14.1. The Hall–Kier alpha value is -3.26. The number of carbonyl (C=O) groups is 2. The molecule has 5 nitrogen and oxygen atoms in total. The molecule has 8 heteroatoms. The van der Waals surface area contributed by atoms with Crippen molar-refractivity contribution in [3.05, 3.63) is 87.6 Å². The van der Waals surface area contributed by atoms with Crippen LogP contribution in [0.1, 0.15) is 47.1 Å². The lowest BCUT2D eigenvalue weighted by molar-refractivity contribution is -0.136. The molecule has 0 bridgehead atoms. The zero-order valence-electron chi connectivity index (χ0n) is 19.7. The molecule has 1 aromatic heterocycles. The van der Waals surface area contributed by atoms with Gasteiger partial charge in [0.2, 0.25) is 5.91 Å². The Balaban J connectivity index is 1.56. The average molecular weight is 499 g/mol. The van der Waals surface area contributed by atoms with E-state index in [9.17, 15) is 18.4 Å². The van der Waals surface area contributed by atoms with Crippen molar-refractivity contribution in [2.45, 2.75) is 38.8 Å². The van der Waals surface area contributed by atoms with Gasteiger partial charge in [-0.15, -0.1) is 11.3 Å². The summed E-state index contributed by atoms with van der Waals surface area (Å²) in [6.45, 7) is 4.23. The molecular formula is C27H28F2N2O3S. The van der Waals surface area contributed by atoms with Gasteiger partial charge in [0.05, 0.1) is 6.04 Å². The summed E-state index contributed by atoms with van der Waals surface area (Å²) in [6, 6.07) is 13.0. The van der Waals surface area contributed by atoms with E-state index >= 15 is 0 Å². The molecular weight excluding hydrogens is 470 g/mol. The topological polar surface area (TPSA) is 49.9 Å². The molecule has 2 aromatic carbocycles. The van der Waals surface area contributed by atoms with E-state index in [1.54, 1.807) is 40.5 Å². The second-order valence-electron chi connectivity index (χ2n) is 8.59. The monoisotopic (exact) mass is 498 g/mol. The molecule has 184 valence electrons. The van der Waals surface area contributed by atoms with E-state index in [1.165, 1.54) is 34.0 Å². The van der Waals surface area contributed by atoms with Gasteiger partial charge in [0.15, 0.2) is 11.6 Å². The molecule has 3 aromatic rings. The number of rotatable bonds is 8. The largest absolute Gasteiger partial charge is 0.488 e.